The number of hydrogen-bond acceptors (Lipinski definition) is 3. The maximum atomic E-state index is 12.8. The van der Waals surface area contributed by atoms with Gasteiger partial charge in [-0.05, 0) is 43.5 Å². The third kappa shape index (κ3) is 4.68. The van der Waals surface area contributed by atoms with Crippen LogP contribution in [0.25, 0.3) is 0 Å². The van der Waals surface area contributed by atoms with Crippen molar-refractivity contribution in [3.63, 3.8) is 0 Å². The van der Waals surface area contributed by atoms with E-state index in [1.165, 1.54) is 12.1 Å². The van der Waals surface area contributed by atoms with Crippen LogP contribution in [-0.4, -0.2) is 38.2 Å². The van der Waals surface area contributed by atoms with Gasteiger partial charge in [-0.3, -0.25) is 0 Å². The molecule has 1 aliphatic rings. The van der Waals surface area contributed by atoms with Crippen LogP contribution in [-0.2, 0) is 10.0 Å². The summed E-state index contributed by atoms with van der Waals surface area (Å²) < 4.78 is 44.2. The Bertz CT molecular complexity index is 545. The lowest BCUT2D eigenvalue weighted by Gasteiger charge is -2.31. The molecule has 0 amide bonds. The number of nitrogens with zero attached hydrogens (tertiary/aromatic N) is 1. The summed E-state index contributed by atoms with van der Waals surface area (Å²) >= 11 is 0. The van der Waals surface area contributed by atoms with Gasteiger partial charge < -0.3 is 4.74 Å². The Hall–Kier alpha value is -1.14. The predicted octanol–water partition coefficient (Wildman–Crippen LogP) is 2.66. The molecule has 0 radical (unpaired) electrons. The van der Waals surface area contributed by atoms with Crippen molar-refractivity contribution in [2.45, 2.75) is 26.2 Å². The highest BCUT2D eigenvalue weighted by molar-refractivity contribution is 7.89. The van der Waals surface area contributed by atoms with Gasteiger partial charge in [0.25, 0.3) is 0 Å². The quantitative estimate of drug-likeness (QED) is 0.811. The van der Waals surface area contributed by atoms with E-state index in [2.05, 4.69) is 0 Å². The highest BCUT2D eigenvalue weighted by Gasteiger charge is 2.28. The van der Waals surface area contributed by atoms with E-state index in [-0.39, 0.29) is 17.5 Å². The van der Waals surface area contributed by atoms with E-state index in [1.807, 2.05) is 6.92 Å². The summed E-state index contributed by atoms with van der Waals surface area (Å²) in [4.78, 5) is 0. The highest BCUT2D eigenvalue weighted by Crippen LogP contribution is 2.21. The van der Waals surface area contributed by atoms with Crippen LogP contribution in [0.2, 0.25) is 0 Å². The second kappa shape index (κ2) is 7.22. The van der Waals surface area contributed by atoms with Crippen LogP contribution in [0.1, 0.15) is 26.2 Å². The van der Waals surface area contributed by atoms with Crippen molar-refractivity contribution in [2.24, 2.45) is 5.92 Å². The molecule has 1 aromatic rings. The van der Waals surface area contributed by atoms with Crippen LogP contribution in [0.4, 0.5) is 4.39 Å². The van der Waals surface area contributed by atoms with Crippen LogP contribution in [0.3, 0.4) is 0 Å². The normalized spacial score (nSPS) is 20.4. The average molecular weight is 315 g/mol. The summed E-state index contributed by atoms with van der Waals surface area (Å²) in [6, 6.07) is 5.88. The molecule has 0 bridgehead atoms. The molecule has 1 atom stereocenters. The number of piperidine rings is 1. The van der Waals surface area contributed by atoms with E-state index in [1.54, 1.807) is 16.4 Å². The molecule has 4 nitrogen and oxygen atoms in total. The molecule has 1 aliphatic heterocycles. The van der Waals surface area contributed by atoms with Crippen molar-refractivity contribution in [1.29, 1.82) is 0 Å². The Morgan fingerprint density at radius 3 is 2.71 bits per heavy atom. The van der Waals surface area contributed by atoms with Gasteiger partial charge in [0, 0.05) is 19.0 Å². The highest BCUT2D eigenvalue weighted by atomic mass is 32.2. The van der Waals surface area contributed by atoms with Gasteiger partial charge in [0.1, 0.15) is 11.6 Å². The molecule has 0 N–H and O–H groups in total. The lowest BCUT2D eigenvalue weighted by Crippen LogP contribution is -2.42. The molecule has 0 saturated carbocycles. The molecule has 21 heavy (non-hydrogen) atoms. The molecule has 1 heterocycles. The second-order valence-corrected chi connectivity index (χ2v) is 7.54. The Morgan fingerprint density at radius 1 is 1.33 bits per heavy atom. The van der Waals surface area contributed by atoms with E-state index in [0.29, 0.717) is 31.9 Å². The fourth-order valence-electron chi connectivity index (χ4n) is 2.55. The first-order valence-electron chi connectivity index (χ1n) is 7.37. The van der Waals surface area contributed by atoms with Crippen molar-refractivity contribution in [3.05, 3.63) is 30.1 Å². The topological polar surface area (TPSA) is 46.6 Å². The predicted molar refractivity (Wildman–Crippen MR) is 80.3 cm³/mol. The summed E-state index contributed by atoms with van der Waals surface area (Å²) in [5, 5.41) is 0. The molecule has 0 aromatic heterocycles. The molecular weight excluding hydrogens is 293 g/mol. The molecule has 1 saturated heterocycles. The van der Waals surface area contributed by atoms with Gasteiger partial charge >= 0.3 is 0 Å². The van der Waals surface area contributed by atoms with E-state index in [9.17, 15) is 12.8 Å². The van der Waals surface area contributed by atoms with Crippen LogP contribution in [0, 0.1) is 11.7 Å². The van der Waals surface area contributed by atoms with Crippen molar-refractivity contribution >= 4 is 10.0 Å². The largest absolute Gasteiger partial charge is 0.493 e. The number of benzene rings is 1. The molecule has 6 heteroatoms. The average Bonchev–Trinajstić information content (AvgIpc) is 2.47. The molecular formula is C15H22FNO3S. The van der Waals surface area contributed by atoms with Crippen molar-refractivity contribution in [1.82, 2.24) is 4.31 Å². The van der Waals surface area contributed by atoms with E-state index in [4.69, 9.17) is 4.74 Å². The van der Waals surface area contributed by atoms with Gasteiger partial charge in [-0.15, -0.1) is 0 Å². The number of hydrogen-bond donors (Lipinski definition) is 0. The third-order valence-electron chi connectivity index (χ3n) is 3.64. The molecule has 1 fully saturated rings. The van der Waals surface area contributed by atoms with Gasteiger partial charge in [0.05, 0.1) is 12.4 Å². The minimum atomic E-state index is -3.13. The number of rotatable bonds is 6. The monoisotopic (exact) mass is 315 g/mol. The minimum absolute atomic E-state index is 0.190. The van der Waals surface area contributed by atoms with E-state index in [0.717, 1.165) is 12.8 Å². The van der Waals surface area contributed by atoms with Crippen molar-refractivity contribution in [3.8, 4) is 5.75 Å². The lowest BCUT2D eigenvalue weighted by molar-refractivity contribution is 0.180. The second-order valence-electron chi connectivity index (χ2n) is 5.45. The fourth-order valence-corrected chi connectivity index (χ4v) is 4.17. The summed E-state index contributed by atoms with van der Waals surface area (Å²) in [6.07, 6.45) is 2.45. The zero-order valence-electron chi connectivity index (χ0n) is 12.3. The van der Waals surface area contributed by atoms with Crippen LogP contribution in [0.5, 0.6) is 5.75 Å². The molecule has 0 spiro atoms. The summed E-state index contributed by atoms with van der Waals surface area (Å²) in [5.41, 5.74) is 0. The molecule has 118 valence electrons. The maximum absolute atomic E-state index is 12.8. The van der Waals surface area contributed by atoms with E-state index < -0.39 is 10.0 Å². The van der Waals surface area contributed by atoms with Gasteiger partial charge in [0.2, 0.25) is 10.0 Å². The van der Waals surface area contributed by atoms with Crippen molar-refractivity contribution in [2.75, 3.05) is 25.4 Å². The number of ether oxygens (including phenoxy) is 1. The first-order valence-corrected chi connectivity index (χ1v) is 8.98. The van der Waals surface area contributed by atoms with Crippen LogP contribution >= 0.6 is 0 Å². The first-order chi connectivity index (χ1) is 10.0. The third-order valence-corrected chi connectivity index (χ3v) is 5.68. The summed E-state index contributed by atoms with van der Waals surface area (Å²) in [7, 11) is -3.13. The van der Waals surface area contributed by atoms with Gasteiger partial charge in [0.15, 0.2) is 0 Å². The fraction of sp³-hybridized carbons (Fsp3) is 0.600. The van der Waals surface area contributed by atoms with Gasteiger partial charge in [-0.1, -0.05) is 6.92 Å². The van der Waals surface area contributed by atoms with Crippen LogP contribution < -0.4 is 4.74 Å². The standard InChI is InChI=1S/C15H22FNO3S/c1-2-10-21(18,19)17-9-3-4-13(11-17)12-20-15-7-5-14(16)6-8-15/h5-8,13H,2-4,9-12H2,1H3. The molecule has 1 unspecified atom stereocenters. The molecule has 0 aliphatic carbocycles. The smallest absolute Gasteiger partial charge is 0.214 e. The minimum Gasteiger partial charge on any atom is -0.493 e. The van der Waals surface area contributed by atoms with Crippen LogP contribution in [0.15, 0.2) is 24.3 Å². The Kier molecular flexibility index (Phi) is 5.58. The zero-order chi connectivity index (χ0) is 15.3. The van der Waals surface area contributed by atoms with Crippen molar-refractivity contribution < 1.29 is 17.5 Å². The Labute approximate surface area is 126 Å². The lowest BCUT2D eigenvalue weighted by atomic mass is 10.0. The van der Waals surface area contributed by atoms with Gasteiger partial charge in [-0.25, -0.2) is 17.1 Å². The summed E-state index contributed by atoms with van der Waals surface area (Å²) in [6.45, 7) is 3.46. The number of sulfonamides is 1. The zero-order valence-corrected chi connectivity index (χ0v) is 13.1. The maximum Gasteiger partial charge on any atom is 0.214 e. The molecule has 1 aromatic carbocycles. The molecule has 2 rings (SSSR count). The SMILES string of the molecule is CCCS(=O)(=O)N1CCCC(COc2ccc(F)cc2)C1. The Balaban J connectivity index is 1.88. The Morgan fingerprint density at radius 2 is 2.05 bits per heavy atom. The summed E-state index contributed by atoms with van der Waals surface area (Å²) in [5.74, 6) is 0.718. The number of halogens is 1. The van der Waals surface area contributed by atoms with Gasteiger partial charge in [-0.2, -0.15) is 0 Å². The first kappa shape index (κ1) is 16.2. The van der Waals surface area contributed by atoms with E-state index >= 15 is 0 Å².